The normalized spacial score (nSPS) is 10.6. The molecule has 0 spiro atoms. The molecule has 0 radical (unpaired) electrons. The summed E-state index contributed by atoms with van der Waals surface area (Å²) < 4.78 is 0. The third-order valence-electron chi connectivity index (χ3n) is 3.82. The summed E-state index contributed by atoms with van der Waals surface area (Å²) in [7, 11) is 0. The number of nitrogens with one attached hydrogen (secondary N) is 2. The number of primary amides is 1. The largest absolute Gasteiger partial charge is 0.366 e. The third kappa shape index (κ3) is 6.36. The molecule has 0 unspecified atom stereocenters. The summed E-state index contributed by atoms with van der Waals surface area (Å²) >= 11 is 0. The first-order chi connectivity index (χ1) is 12.8. The van der Waals surface area contributed by atoms with E-state index in [0.717, 1.165) is 5.56 Å². The molecule has 0 fully saturated rings. The summed E-state index contributed by atoms with van der Waals surface area (Å²) in [6, 6.07) is 13.7. The van der Waals surface area contributed by atoms with Crippen molar-refractivity contribution in [2.24, 2.45) is 5.73 Å². The topological polar surface area (TPSA) is 113 Å². The fourth-order valence-electron chi connectivity index (χ4n) is 2.45. The maximum atomic E-state index is 12.0. The van der Waals surface area contributed by atoms with Gasteiger partial charge in [-0.05, 0) is 54.0 Å². The summed E-state index contributed by atoms with van der Waals surface area (Å²) in [5, 5.41) is 10.7. The third-order valence-corrected chi connectivity index (χ3v) is 3.82. The molecule has 27 heavy (non-hydrogen) atoms. The van der Waals surface area contributed by atoms with E-state index in [1.165, 1.54) is 19.1 Å². The monoisotopic (exact) mass is 363 g/mol. The maximum Gasteiger partial charge on any atom is 0.248 e. The maximum absolute atomic E-state index is 12.0. The van der Waals surface area contributed by atoms with Crippen molar-refractivity contribution in [3.63, 3.8) is 0 Å². The van der Waals surface area contributed by atoms with Crippen molar-refractivity contribution in [2.75, 3.05) is 5.32 Å². The molecular formula is C21H21N3O3. The van der Waals surface area contributed by atoms with Gasteiger partial charge in [0.2, 0.25) is 11.8 Å². The second-order valence-electron chi connectivity index (χ2n) is 6.04. The fraction of sp³-hybridized carbons (Fsp3) is 0.143. The quantitative estimate of drug-likeness (QED) is 0.495. The van der Waals surface area contributed by atoms with E-state index in [2.05, 4.69) is 5.32 Å². The number of carbonyl (C=O) groups is 3. The molecule has 0 aliphatic carbocycles. The molecular weight excluding hydrogens is 342 g/mol. The number of hydrogen-bond donors (Lipinski definition) is 3. The standard InChI is InChI=1S/C21H21N3O3/c1-14(25)24-18-4-2-3-15(13-18)5-10-19(26)11-12-20(22)16-6-8-17(9-7-16)21(23)27/h2-4,6-9,11-13,22H,5,10H2,1H3,(H2,23,27)(H,24,25)/b12-11-,22-20?. The summed E-state index contributed by atoms with van der Waals surface area (Å²) in [5.74, 6) is -0.770. The number of ketones is 1. The second kappa shape index (κ2) is 9.24. The summed E-state index contributed by atoms with van der Waals surface area (Å²) in [4.78, 5) is 34.2. The highest BCUT2D eigenvalue weighted by Crippen LogP contribution is 2.13. The zero-order chi connectivity index (χ0) is 19.8. The Kier molecular flexibility index (Phi) is 6.77. The van der Waals surface area contributed by atoms with Crippen LogP contribution in [0.5, 0.6) is 0 Å². The number of nitrogens with two attached hydrogens (primary N) is 1. The van der Waals surface area contributed by atoms with E-state index in [-0.39, 0.29) is 17.4 Å². The number of amides is 2. The van der Waals surface area contributed by atoms with Crippen molar-refractivity contribution < 1.29 is 14.4 Å². The number of benzene rings is 2. The lowest BCUT2D eigenvalue weighted by molar-refractivity contribution is -0.115. The van der Waals surface area contributed by atoms with Gasteiger partial charge in [0, 0.05) is 24.6 Å². The first-order valence-electron chi connectivity index (χ1n) is 8.41. The van der Waals surface area contributed by atoms with Crippen LogP contribution < -0.4 is 11.1 Å². The van der Waals surface area contributed by atoms with E-state index in [0.29, 0.717) is 29.7 Å². The molecule has 0 bridgehead atoms. The first-order valence-corrected chi connectivity index (χ1v) is 8.41. The van der Waals surface area contributed by atoms with Crippen LogP contribution in [0.4, 0.5) is 5.69 Å². The van der Waals surface area contributed by atoms with Crippen LogP contribution in [0.3, 0.4) is 0 Å². The van der Waals surface area contributed by atoms with E-state index in [1.807, 2.05) is 18.2 Å². The highest BCUT2D eigenvalue weighted by molar-refractivity contribution is 6.09. The lowest BCUT2D eigenvalue weighted by atomic mass is 10.0. The molecule has 0 atom stereocenters. The Hall–Kier alpha value is -3.54. The van der Waals surface area contributed by atoms with Crippen molar-refractivity contribution in [1.29, 1.82) is 5.41 Å². The molecule has 0 saturated carbocycles. The first kappa shape index (κ1) is 19.8. The Balaban J connectivity index is 1.90. The predicted octanol–water partition coefficient (Wildman–Crippen LogP) is 2.87. The van der Waals surface area contributed by atoms with Gasteiger partial charge in [-0.3, -0.25) is 14.4 Å². The average Bonchev–Trinajstić information content (AvgIpc) is 2.64. The van der Waals surface area contributed by atoms with Gasteiger partial charge in [-0.1, -0.05) is 24.3 Å². The van der Waals surface area contributed by atoms with Gasteiger partial charge in [0.25, 0.3) is 0 Å². The van der Waals surface area contributed by atoms with E-state index < -0.39 is 5.91 Å². The number of anilines is 1. The molecule has 2 amide bonds. The molecule has 4 N–H and O–H groups in total. The molecule has 6 heteroatoms. The average molecular weight is 363 g/mol. The Morgan fingerprint density at radius 3 is 2.33 bits per heavy atom. The minimum atomic E-state index is -0.527. The Morgan fingerprint density at radius 1 is 1.04 bits per heavy atom. The number of carbonyl (C=O) groups excluding carboxylic acids is 3. The van der Waals surface area contributed by atoms with Crippen LogP contribution in [-0.4, -0.2) is 23.3 Å². The van der Waals surface area contributed by atoms with Gasteiger partial charge in [0.1, 0.15) is 0 Å². The number of aryl methyl sites for hydroxylation is 1. The molecule has 2 aromatic rings. The van der Waals surface area contributed by atoms with Crippen molar-refractivity contribution in [1.82, 2.24) is 0 Å². The zero-order valence-corrected chi connectivity index (χ0v) is 15.0. The van der Waals surface area contributed by atoms with Crippen LogP contribution in [-0.2, 0) is 16.0 Å². The molecule has 0 saturated heterocycles. The summed E-state index contributed by atoms with van der Waals surface area (Å²) in [5.41, 5.74) is 7.96. The second-order valence-corrected chi connectivity index (χ2v) is 6.04. The number of allylic oxidation sites excluding steroid dienone is 2. The van der Waals surface area contributed by atoms with Crippen molar-refractivity contribution in [3.8, 4) is 0 Å². The van der Waals surface area contributed by atoms with E-state index in [9.17, 15) is 14.4 Å². The van der Waals surface area contributed by atoms with Crippen LogP contribution in [0.2, 0.25) is 0 Å². The SMILES string of the molecule is CC(=O)Nc1cccc(CCC(=O)/C=C\C(=N)c2ccc(C(N)=O)cc2)c1. The van der Waals surface area contributed by atoms with Gasteiger partial charge in [-0.25, -0.2) is 0 Å². The Morgan fingerprint density at radius 2 is 1.70 bits per heavy atom. The van der Waals surface area contributed by atoms with E-state index in [1.54, 1.807) is 30.3 Å². The van der Waals surface area contributed by atoms with Gasteiger partial charge >= 0.3 is 0 Å². The highest BCUT2D eigenvalue weighted by Gasteiger charge is 2.04. The van der Waals surface area contributed by atoms with Gasteiger partial charge in [0.05, 0.1) is 5.71 Å². The lowest BCUT2D eigenvalue weighted by Gasteiger charge is -2.05. The Bertz CT molecular complexity index is 899. The van der Waals surface area contributed by atoms with Gasteiger partial charge in [-0.15, -0.1) is 0 Å². The molecule has 2 aromatic carbocycles. The number of hydrogen-bond acceptors (Lipinski definition) is 4. The minimum Gasteiger partial charge on any atom is -0.366 e. The van der Waals surface area contributed by atoms with Crippen LogP contribution in [0.15, 0.2) is 60.7 Å². The van der Waals surface area contributed by atoms with Crippen LogP contribution >= 0.6 is 0 Å². The molecule has 6 nitrogen and oxygen atoms in total. The molecule has 0 aromatic heterocycles. The minimum absolute atomic E-state index is 0.0987. The van der Waals surface area contributed by atoms with Gasteiger partial charge < -0.3 is 16.5 Å². The van der Waals surface area contributed by atoms with Gasteiger partial charge in [-0.2, -0.15) is 0 Å². The molecule has 0 heterocycles. The molecule has 0 aliphatic rings. The van der Waals surface area contributed by atoms with Crippen LogP contribution in [0.1, 0.15) is 34.8 Å². The highest BCUT2D eigenvalue weighted by atomic mass is 16.1. The number of rotatable bonds is 8. The molecule has 0 aliphatic heterocycles. The van der Waals surface area contributed by atoms with Crippen molar-refractivity contribution in [3.05, 3.63) is 77.4 Å². The fourth-order valence-corrected chi connectivity index (χ4v) is 2.45. The smallest absolute Gasteiger partial charge is 0.248 e. The summed E-state index contributed by atoms with van der Waals surface area (Å²) in [6.07, 6.45) is 3.66. The van der Waals surface area contributed by atoms with E-state index in [4.69, 9.17) is 11.1 Å². The lowest BCUT2D eigenvalue weighted by Crippen LogP contribution is -2.10. The van der Waals surface area contributed by atoms with Crippen LogP contribution in [0, 0.1) is 5.41 Å². The van der Waals surface area contributed by atoms with Crippen molar-refractivity contribution >= 4 is 29.0 Å². The molecule has 138 valence electrons. The predicted molar refractivity (Wildman–Crippen MR) is 105 cm³/mol. The molecule has 2 rings (SSSR count). The van der Waals surface area contributed by atoms with Gasteiger partial charge in [0.15, 0.2) is 5.78 Å². The van der Waals surface area contributed by atoms with Crippen molar-refractivity contribution in [2.45, 2.75) is 19.8 Å². The summed E-state index contributed by atoms with van der Waals surface area (Å²) in [6.45, 7) is 1.44. The Labute approximate surface area is 157 Å². The van der Waals surface area contributed by atoms with E-state index >= 15 is 0 Å². The zero-order valence-electron chi connectivity index (χ0n) is 15.0. The van der Waals surface area contributed by atoms with Crippen LogP contribution in [0.25, 0.3) is 0 Å².